The van der Waals surface area contributed by atoms with Crippen molar-refractivity contribution >= 4 is 0 Å². The third-order valence-corrected chi connectivity index (χ3v) is 1.87. The molecule has 0 aliphatic heterocycles. The Morgan fingerprint density at radius 3 is 1.67 bits per heavy atom. The van der Waals surface area contributed by atoms with Crippen LogP contribution in [-0.4, -0.2) is 29.7 Å². The monoisotopic (exact) mass is 212 g/mol. The van der Waals surface area contributed by atoms with Gasteiger partial charge in [-0.3, -0.25) is 0 Å². The number of nitrogens with zero attached hydrogens (tertiary/aromatic N) is 4. The molecule has 0 bridgehead atoms. The SMILES string of the molecule is Nn1c(Cc2n[nH]c(=O)n2N)n[nH]c1=O. The van der Waals surface area contributed by atoms with E-state index in [1.54, 1.807) is 0 Å². The van der Waals surface area contributed by atoms with Gasteiger partial charge in [0.15, 0.2) is 11.6 Å². The molecule has 2 heterocycles. The molecule has 0 saturated heterocycles. The normalized spacial score (nSPS) is 10.7. The van der Waals surface area contributed by atoms with Crippen LogP contribution in [0.1, 0.15) is 11.6 Å². The molecule has 2 aromatic rings. The van der Waals surface area contributed by atoms with Crippen molar-refractivity contribution < 1.29 is 0 Å². The Kier molecular flexibility index (Phi) is 1.81. The quantitative estimate of drug-likeness (QED) is 0.378. The molecule has 0 unspecified atom stereocenters. The van der Waals surface area contributed by atoms with Crippen LogP contribution in [0.4, 0.5) is 0 Å². The molecule has 0 aliphatic rings. The zero-order chi connectivity index (χ0) is 11.0. The van der Waals surface area contributed by atoms with E-state index in [9.17, 15) is 9.59 Å². The molecule has 2 rings (SSSR count). The summed E-state index contributed by atoms with van der Waals surface area (Å²) in [6.45, 7) is 0. The van der Waals surface area contributed by atoms with Crippen LogP contribution < -0.4 is 23.1 Å². The molecule has 0 aliphatic carbocycles. The van der Waals surface area contributed by atoms with Crippen molar-refractivity contribution in [2.45, 2.75) is 6.42 Å². The fourth-order valence-corrected chi connectivity index (χ4v) is 1.07. The second-order valence-electron chi connectivity index (χ2n) is 2.81. The van der Waals surface area contributed by atoms with Gasteiger partial charge in [-0.05, 0) is 0 Å². The van der Waals surface area contributed by atoms with E-state index in [0.29, 0.717) is 0 Å². The van der Waals surface area contributed by atoms with E-state index in [1.807, 2.05) is 0 Å². The van der Waals surface area contributed by atoms with Crippen LogP contribution in [0.3, 0.4) is 0 Å². The van der Waals surface area contributed by atoms with Crippen molar-refractivity contribution in [3.05, 3.63) is 32.6 Å². The number of aromatic amines is 2. The van der Waals surface area contributed by atoms with Crippen molar-refractivity contribution in [3.8, 4) is 0 Å². The summed E-state index contributed by atoms with van der Waals surface area (Å²) in [6, 6.07) is 0. The largest absolute Gasteiger partial charge is 0.361 e. The molecule has 6 N–H and O–H groups in total. The van der Waals surface area contributed by atoms with E-state index >= 15 is 0 Å². The van der Waals surface area contributed by atoms with Crippen molar-refractivity contribution in [1.82, 2.24) is 29.7 Å². The molecule has 10 heteroatoms. The summed E-state index contributed by atoms with van der Waals surface area (Å²) in [5, 5.41) is 11.6. The molecule has 0 saturated carbocycles. The highest BCUT2D eigenvalue weighted by atomic mass is 16.2. The first-order chi connectivity index (χ1) is 7.09. The van der Waals surface area contributed by atoms with Gasteiger partial charge in [0.25, 0.3) is 0 Å². The molecular formula is C5H8N8O2. The lowest BCUT2D eigenvalue weighted by Crippen LogP contribution is -2.29. The molecule has 2 aromatic heterocycles. The number of H-pyrrole nitrogens is 2. The van der Waals surface area contributed by atoms with E-state index in [1.165, 1.54) is 0 Å². The molecule has 15 heavy (non-hydrogen) atoms. The number of hydrogen-bond acceptors (Lipinski definition) is 6. The van der Waals surface area contributed by atoms with Crippen LogP contribution in [0.25, 0.3) is 0 Å². The summed E-state index contributed by atoms with van der Waals surface area (Å²) in [5.41, 5.74) is -1.10. The highest BCUT2D eigenvalue weighted by Crippen LogP contribution is 1.95. The second kappa shape index (κ2) is 3.01. The maximum absolute atomic E-state index is 10.9. The fraction of sp³-hybridized carbons (Fsp3) is 0.200. The van der Waals surface area contributed by atoms with Gasteiger partial charge in [0.2, 0.25) is 0 Å². The first-order valence-corrected chi connectivity index (χ1v) is 3.92. The minimum absolute atomic E-state index is 0.0739. The van der Waals surface area contributed by atoms with Gasteiger partial charge in [0.05, 0.1) is 6.42 Å². The molecule has 0 atom stereocenters. The number of nitrogens with one attached hydrogen (secondary N) is 2. The van der Waals surface area contributed by atoms with Gasteiger partial charge < -0.3 is 11.7 Å². The van der Waals surface area contributed by atoms with Gasteiger partial charge in [-0.15, -0.1) is 0 Å². The molecule has 10 nitrogen and oxygen atoms in total. The van der Waals surface area contributed by atoms with E-state index in [-0.39, 0.29) is 18.1 Å². The molecule has 80 valence electrons. The van der Waals surface area contributed by atoms with Crippen molar-refractivity contribution in [2.24, 2.45) is 0 Å². The Balaban J connectivity index is 2.38. The Bertz CT molecular complexity index is 532. The van der Waals surface area contributed by atoms with E-state index in [2.05, 4.69) is 20.4 Å². The standard InChI is InChI=1S/C5H8N8O2/c6-12-2(8-10-4(12)14)1-3-9-11-5(15)13(3)7/h1,6-7H2,(H,10,14)(H,11,15). The van der Waals surface area contributed by atoms with Crippen LogP contribution in [0.5, 0.6) is 0 Å². The third-order valence-electron chi connectivity index (χ3n) is 1.87. The molecule has 0 spiro atoms. The smallest absolute Gasteiger partial charge is 0.333 e. The van der Waals surface area contributed by atoms with Gasteiger partial charge in [-0.25, -0.2) is 19.8 Å². The average molecular weight is 212 g/mol. The number of hydrogen-bond donors (Lipinski definition) is 4. The van der Waals surface area contributed by atoms with Crippen LogP contribution in [-0.2, 0) is 6.42 Å². The number of nitrogen functional groups attached to an aromatic ring is 2. The van der Waals surface area contributed by atoms with Gasteiger partial charge >= 0.3 is 11.4 Å². The average Bonchev–Trinajstić information content (AvgIpc) is 2.68. The zero-order valence-electron chi connectivity index (χ0n) is 7.47. The maximum atomic E-state index is 10.9. The Labute approximate surface area is 81.5 Å². The summed E-state index contributed by atoms with van der Waals surface area (Å²) in [6.07, 6.45) is 0.0739. The minimum atomic E-state index is -0.550. The topological polar surface area (TPSA) is 153 Å². The maximum Gasteiger partial charge on any atom is 0.361 e. The van der Waals surface area contributed by atoms with Gasteiger partial charge in [0.1, 0.15) is 0 Å². The fourth-order valence-electron chi connectivity index (χ4n) is 1.07. The van der Waals surface area contributed by atoms with Crippen LogP contribution in [0, 0.1) is 0 Å². The molecule has 0 fully saturated rings. The predicted octanol–water partition coefficient (Wildman–Crippen LogP) is -3.53. The first kappa shape index (κ1) is 9.05. The van der Waals surface area contributed by atoms with E-state index in [0.717, 1.165) is 9.35 Å². The Morgan fingerprint density at radius 2 is 1.40 bits per heavy atom. The lowest BCUT2D eigenvalue weighted by molar-refractivity contribution is 0.784. The van der Waals surface area contributed by atoms with Crippen molar-refractivity contribution in [1.29, 1.82) is 0 Å². The van der Waals surface area contributed by atoms with E-state index in [4.69, 9.17) is 11.7 Å². The number of aromatic nitrogens is 6. The Morgan fingerprint density at radius 1 is 1.00 bits per heavy atom. The second-order valence-corrected chi connectivity index (χ2v) is 2.81. The lowest BCUT2D eigenvalue weighted by atomic mass is 10.4. The highest BCUT2D eigenvalue weighted by molar-refractivity contribution is 4.99. The molecule has 0 radical (unpaired) electrons. The van der Waals surface area contributed by atoms with Gasteiger partial charge in [-0.1, -0.05) is 0 Å². The summed E-state index contributed by atoms with van der Waals surface area (Å²) in [5.74, 6) is 11.2. The molecular weight excluding hydrogens is 204 g/mol. The zero-order valence-corrected chi connectivity index (χ0v) is 7.47. The lowest BCUT2D eigenvalue weighted by Gasteiger charge is -1.97. The third kappa shape index (κ3) is 1.37. The molecule has 0 amide bonds. The predicted molar refractivity (Wildman–Crippen MR) is 48.8 cm³/mol. The van der Waals surface area contributed by atoms with Gasteiger partial charge in [0, 0.05) is 0 Å². The Hall–Kier alpha value is -2.52. The van der Waals surface area contributed by atoms with Crippen molar-refractivity contribution in [3.63, 3.8) is 0 Å². The van der Waals surface area contributed by atoms with Gasteiger partial charge in [-0.2, -0.15) is 19.5 Å². The summed E-state index contributed by atoms with van der Waals surface area (Å²) >= 11 is 0. The first-order valence-electron chi connectivity index (χ1n) is 3.92. The molecule has 0 aromatic carbocycles. The van der Waals surface area contributed by atoms with Crippen LogP contribution >= 0.6 is 0 Å². The minimum Gasteiger partial charge on any atom is -0.333 e. The summed E-state index contributed by atoms with van der Waals surface area (Å²) in [4.78, 5) is 21.8. The summed E-state index contributed by atoms with van der Waals surface area (Å²) in [7, 11) is 0. The van der Waals surface area contributed by atoms with E-state index < -0.39 is 11.4 Å². The number of rotatable bonds is 2. The highest BCUT2D eigenvalue weighted by Gasteiger charge is 2.11. The summed E-state index contributed by atoms with van der Waals surface area (Å²) < 4.78 is 1.64. The van der Waals surface area contributed by atoms with Crippen molar-refractivity contribution in [2.75, 3.05) is 11.7 Å². The number of nitrogens with two attached hydrogens (primary N) is 2. The van der Waals surface area contributed by atoms with Crippen LogP contribution in [0.2, 0.25) is 0 Å². The van der Waals surface area contributed by atoms with Crippen LogP contribution in [0.15, 0.2) is 9.59 Å².